The van der Waals surface area contributed by atoms with E-state index in [1.165, 1.54) is 17.4 Å². The van der Waals surface area contributed by atoms with Gasteiger partial charge in [-0.25, -0.2) is 5.84 Å². The number of hydrogen-bond acceptors (Lipinski definition) is 5. The van der Waals surface area contributed by atoms with Gasteiger partial charge in [-0.1, -0.05) is 5.57 Å². The van der Waals surface area contributed by atoms with E-state index in [1.54, 1.807) is 13.1 Å². The van der Waals surface area contributed by atoms with Crippen LogP contribution in [-0.2, 0) is 4.74 Å². The van der Waals surface area contributed by atoms with E-state index in [4.69, 9.17) is 21.7 Å². The van der Waals surface area contributed by atoms with Crippen molar-refractivity contribution in [2.24, 2.45) is 11.6 Å². The summed E-state index contributed by atoms with van der Waals surface area (Å²) in [5.41, 5.74) is 7.21. The molecule has 0 bridgehead atoms. The Kier molecular flexibility index (Phi) is 7.31. The summed E-state index contributed by atoms with van der Waals surface area (Å²) in [4.78, 5) is 0. The van der Waals surface area contributed by atoms with Gasteiger partial charge in [-0.3, -0.25) is 0 Å². The molecule has 0 spiro atoms. The van der Waals surface area contributed by atoms with Crippen molar-refractivity contribution in [3.8, 4) is 0 Å². The van der Waals surface area contributed by atoms with E-state index in [2.05, 4.69) is 0 Å². The lowest BCUT2D eigenvalue weighted by molar-refractivity contribution is 0.141. The maximum absolute atomic E-state index is 6.88. The van der Waals surface area contributed by atoms with Gasteiger partial charge in [-0.05, 0) is 19.4 Å². The molecule has 0 aliphatic carbocycles. The molecule has 0 heterocycles. The number of ether oxygens (including phenoxy) is 1. The molecule has 0 aromatic rings. The molecule has 0 fully saturated rings. The molecule has 0 atom stereocenters. The maximum atomic E-state index is 6.88. The molecule has 0 rings (SSSR count). The minimum Gasteiger partial charge on any atom is -0.403 e. The quantitative estimate of drug-likeness (QED) is 0.249. The Morgan fingerprint density at radius 2 is 2.20 bits per heavy atom. The average Bonchev–Trinajstić information content (AvgIpc) is 2.17. The third-order valence-corrected chi connectivity index (χ3v) is 1.90. The predicted octanol–water partition coefficient (Wildman–Crippen LogP) is 0.595. The molecule has 0 radical (unpaired) electrons. The van der Waals surface area contributed by atoms with Crippen molar-refractivity contribution in [1.82, 2.24) is 5.01 Å². The van der Waals surface area contributed by atoms with Crippen LogP contribution in [-0.4, -0.2) is 31.5 Å². The van der Waals surface area contributed by atoms with Crippen molar-refractivity contribution in [2.45, 2.75) is 13.3 Å². The minimum absolute atomic E-state index is 0.404. The number of hydrazine groups is 1. The Labute approximate surface area is 90.9 Å². The molecule has 0 aromatic carbocycles. The van der Waals surface area contributed by atoms with Crippen molar-refractivity contribution in [3.05, 3.63) is 23.5 Å². The van der Waals surface area contributed by atoms with Gasteiger partial charge in [0.15, 0.2) is 0 Å². The van der Waals surface area contributed by atoms with Gasteiger partial charge in [-0.15, -0.1) is 0 Å². The number of hydrogen-bond donors (Lipinski definition) is 3. The molecule has 5 nitrogen and oxygen atoms in total. The second kappa shape index (κ2) is 8.02. The molecule has 0 aliphatic heterocycles. The van der Waals surface area contributed by atoms with Crippen LogP contribution in [0.15, 0.2) is 23.5 Å². The lowest BCUT2D eigenvalue weighted by atomic mass is 10.2. The van der Waals surface area contributed by atoms with Crippen molar-refractivity contribution < 1.29 is 4.74 Å². The number of allylic oxidation sites excluding steroid dienone is 1. The Balaban J connectivity index is 3.71. The van der Waals surface area contributed by atoms with Crippen LogP contribution in [0.2, 0.25) is 0 Å². The van der Waals surface area contributed by atoms with Crippen LogP contribution in [0.1, 0.15) is 13.3 Å². The number of rotatable bonds is 7. The van der Waals surface area contributed by atoms with Crippen LogP contribution in [0.5, 0.6) is 0 Å². The number of nitrogens with one attached hydrogen (secondary N) is 1. The minimum atomic E-state index is 0.404. The van der Waals surface area contributed by atoms with Gasteiger partial charge in [-0.2, -0.15) is 0 Å². The zero-order valence-corrected chi connectivity index (χ0v) is 9.36. The van der Waals surface area contributed by atoms with Crippen LogP contribution in [0.4, 0.5) is 0 Å². The fourth-order valence-corrected chi connectivity index (χ4v) is 0.903. The van der Waals surface area contributed by atoms with Gasteiger partial charge in [0.2, 0.25) is 0 Å². The van der Waals surface area contributed by atoms with Crippen molar-refractivity contribution >= 4 is 6.21 Å². The van der Waals surface area contributed by atoms with E-state index >= 15 is 0 Å². The van der Waals surface area contributed by atoms with Gasteiger partial charge in [0.05, 0.1) is 18.9 Å². The fourth-order valence-electron chi connectivity index (χ4n) is 0.903. The normalized spacial score (nSPS) is 12.7. The van der Waals surface area contributed by atoms with Crippen LogP contribution in [0, 0.1) is 5.41 Å². The van der Waals surface area contributed by atoms with E-state index in [0.29, 0.717) is 13.2 Å². The lowest BCUT2D eigenvalue weighted by Crippen LogP contribution is -2.28. The summed E-state index contributed by atoms with van der Waals surface area (Å²) in [5.74, 6) is 5.50. The largest absolute Gasteiger partial charge is 0.403 e. The maximum Gasteiger partial charge on any atom is 0.0893 e. The molecule has 5 heteroatoms. The zero-order valence-electron chi connectivity index (χ0n) is 9.36. The molecular formula is C10H20N4O. The molecule has 5 N–H and O–H groups in total. The molecule has 0 saturated heterocycles. The summed E-state index contributed by atoms with van der Waals surface area (Å²) in [6.45, 7) is 2.96. The van der Waals surface area contributed by atoms with Crippen LogP contribution in [0.25, 0.3) is 0 Å². The van der Waals surface area contributed by atoms with Gasteiger partial charge in [0.1, 0.15) is 0 Å². The summed E-state index contributed by atoms with van der Waals surface area (Å²) in [6.07, 6.45) is 5.26. The highest BCUT2D eigenvalue weighted by molar-refractivity contribution is 5.68. The summed E-state index contributed by atoms with van der Waals surface area (Å²) >= 11 is 0. The summed E-state index contributed by atoms with van der Waals surface area (Å²) < 4.78 is 5.38. The third kappa shape index (κ3) is 6.70. The highest BCUT2D eigenvalue weighted by Gasteiger charge is 1.99. The van der Waals surface area contributed by atoms with E-state index in [1.807, 2.05) is 6.92 Å². The van der Waals surface area contributed by atoms with Crippen LogP contribution in [0.3, 0.4) is 0 Å². The van der Waals surface area contributed by atoms with Crippen LogP contribution >= 0.6 is 0 Å². The van der Waals surface area contributed by atoms with Gasteiger partial charge >= 0.3 is 0 Å². The van der Waals surface area contributed by atoms with Crippen molar-refractivity contribution in [3.63, 3.8) is 0 Å². The van der Waals surface area contributed by atoms with Crippen molar-refractivity contribution in [1.29, 1.82) is 5.41 Å². The Morgan fingerprint density at radius 1 is 1.53 bits per heavy atom. The highest BCUT2D eigenvalue weighted by atomic mass is 16.5. The fraction of sp³-hybridized carbons (Fsp3) is 0.500. The third-order valence-electron chi connectivity index (χ3n) is 1.90. The van der Waals surface area contributed by atoms with Gasteiger partial charge < -0.3 is 20.9 Å². The summed E-state index contributed by atoms with van der Waals surface area (Å²) in [5, 5.41) is 8.31. The molecule has 0 saturated carbocycles. The van der Waals surface area contributed by atoms with Gasteiger partial charge in [0.25, 0.3) is 0 Å². The average molecular weight is 212 g/mol. The smallest absolute Gasteiger partial charge is 0.0893 e. The molecular weight excluding hydrogens is 192 g/mol. The number of likely N-dealkylation sites (N-methyl/N-ethyl adjacent to an activating group) is 1. The summed E-state index contributed by atoms with van der Waals surface area (Å²) in [6, 6.07) is 0. The van der Waals surface area contributed by atoms with Crippen molar-refractivity contribution in [2.75, 3.05) is 20.3 Å². The first-order valence-corrected chi connectivity index (χ1v) is 4.75. The lowest BCUT2D eigenvalue weighted by Gasteiger charge is -2.15. The Morgan fingerprint density at radius 3 is 2.67 bits per heavy atom. The van der Waals surface area contributed by atoms with E-state index in [0.717, 1.165) is 17.7 Å². The predicted molar refractivity (Wildman–Crippen MR) is 62.2 cm³/mol. The first-order valence-electron chi connectivity index (χ1n) is 4.75. The topological polar surface area (TPSA) is 88.4 Å². The molecule has 86 valence electrons. The second-order valence-electron chi connectivity index (χ2n) is 3.25. The number of nitrogens with zero attached hydrogens (tertiary/aromatic N) is 1. The zero-order chi connectivity index (χ0) is 11.7. The van der Waals surface area contributed by atoms with Gasteiger partial charge in [0, 0.05) is 19.5 Å². The standard InChI is InChI=1S/C10H20N4O/c1-9(3-5-11)4-6-15-8-10(7-12)14(2)13/h3,5,7,11H,4,6,8,12-13H2,1-2H3/b9-3+,10-7-,11-5?. The summed E-state index contributed by atoms with van der Waals surface area (Å²) in [7, 11) is 1.71. The molecule has 15 heavy (non-hydrogen) atoms. The first kappa shape index (κ1) is 13.7. The second-order valence-corrected chi connectivity index (χ2v) is 3.25. The van der Waals surface area contributed by atoms with E-state index < -0.39 is 0 Å². The SMILES string of the molecule is C/C(=C\C=N)CCOC/C(=C/N)N(C)N. The Hall–Kier alpha value is -1.33. The van der Waals surface area contributed by atoms with Crippen LogP contribution < -0.4 is 11.6 Å². The molecule has 0 unspecified atom stereocenters. The molecule has 0 aliphatic rings. The highest BCUT2D eigenvalue weighted by Crippen LogP contribution is 2.00. The molecule has 0 amide bonds. The monoisotopic (exact) mass is 212 g/mol. The molecule has 0 aromatic heterocycles. The Bertz CT molecular complexity index is 246. The van der Waals surface area contributed by atoms with E-state index in [9.17, 15) is 0 Å². The number of nitrogens with two attached hydrogens (primary N) is 2. The van der Waals surface area contributed by atoms with E-state index in [-0.39, 0.29) is 0 Å². The first-order chi connectivity index (χ1) is 7.11.